The molecule has 0 aromatic carbocycles. The highest BCUT2D eigenvalue weighted by atomic mass is 32.1. The van der Waals surface area contributed by atoms with Gasteiger partial charge < -0.3 is 9.84 Å². The molecule has 0 bridgehead atoms. The minimum atomic E-state index is -0.607. The summed E-state index contributed by atoms with van der Waals surface area (Å²) < 4.78 is 4.86. The van der Waals surface area contributed by atoms with Crippen molar-refractivity contribution in [3.63, 3.8) is 0 Å². The molecule has 2 heterocycles. The van der Waals surface area contributed by atoms with Gasteiger partial charge in [0.1, 0.15) is 13.2 Å². The maximum atomic E-state index is 10.8. The van der Waals surface area contributed by atoms with Gasteiger partial charge in [-0.1, -0.05) is 0 Å². The van der Waals surface area contributed by atoms with Gasteiger partial charge in [-0.25, -0.2) is 4.79 Å². The Labute approximate surface area is 109 Å². The Balaban J connectivity index is 2.08. The quantitative estimate of drug-likeness (QED) is 0.859. The number of pyridine rings is 1. The number of rotatable bonds is 4. The summed E-state index contributed by atoms with van der Waals surface area (Å²) in [6, 6.07) is 7.86. The molecule has 0 amide bonds. The fraction of sp³-hybridized carbons (Fsp3) is 0.231. The summed E-state index contributed by atoms with van der Waals surface area (Å²) in [5, 5.41) is 8.55. The Kier molecular flexibility index (Phi) is 4.07. The third-order valence-corrected chi connectivity index (χ3v) is 3.46. The van der Waals surface area contributed by atoms with Gasteiger partial charge in [-0.15, -0.1) is 11.3 Å². The second-order valence-electron chi connectivity index (χ2n) is 3.77. The summed E-state index contributed by atoms with van der Waals surface area (Å²) in [6.45, 7) is 1.57. The molecule has 5 heteroatoms. The van der Waals surface area contributed by atoms with Crippen LogP contribution in [0.1, 0.15) is 10.6 Å². The van der Waals surface area contributed by atoms with Crippen molar-refractivity contribution in [3.05, 3.63) is 41.0 Å². The molecule has 0 saturated carbocycles. The van der Waals surface area contributed by atoms with Crippen LogP contribution in [0.3, 0.4) is 0 Å². The summed E-state index contributed by atoms with van der Waals surface area (Å²) in [4.78, 5) is 17.0. The van der Waals surface area contributed by atoms with Crippen molar-refractivity contribution < 1.29 is 14.6 Å². The summed E-state index contributed by atoms with van der Waals surface area (Å²) >= 11 is 1.56. The number of hydrogen-bond acceptors (Lipinski definition) is 5. The predicted molar refractivity (Wildman–Crippen MR) is 69.2 cm³/mol. The molecule has 18 heavy (non-hydrogen) atoms. The lowest BCUT2D eigenvalue weighted by molar-refractivity contribution is -0.148. The van der Waals surface area contributed by atoms with Crippen LogP contribution in [0.15, 0.2) is 30.5 Å². The molecule has 4 nitrogen and oxygen atoms in total. The molecular weight excluding hydrogens is 250 g/mol. The van der Waals surface area contributed by atoms with Crippen molar-refractivity contribution in [2.45, 2.75) is 13.5 Å². The van der Waals surface area contributed by atoms with Gasteiger partial charge in [0.05, 0.1) is 0 Å². The normalized spacial score (nSPS) is 10.3. The predicted octanol–water partition coefficient (Wildman–Crippen LogP) is 2.15. The molecule has 2 rings (SSSR count). The molecule has 2 aromatic rings. The van der Waals surface area contributed by atoms with Crippen molar-refractivity contribution in [1.82, 2.24) is 4.98 Å². The van der Waals surface area contributed by atoms with Gasteiger partial charge in [0, 0.05) is 21.6 Å². The average Bonchev–Trinajstić information content (AvgIpc) is 2.84. The van der Waals surface area contributed by atoms with Crippen LogP contribution in [-0.4, -0.2) is 22.7 Å². The maximum absolute atomic E-state index is 10.8. The average molecular weight is 263 g/mol. The zero-order valence-corrected chi connectivity index (χ0v) is 10.7. The number of esters is 1. The molecule has 0 atom stereocenters. The standard InChI is InChI=1S/C13H13NO3S/c1-9-6-10(4-5-14-9)12-3-2-11(18-12)8-17-13(16)7-15/h2-6,15H,7-8H2,1H3. The molecule has 0 saturated heterocycles. The van der Waals surface area contributed by atoms with Gasteiger partial charge >= 0.3 is 5.97 Å². The van der Waals surface area contributed by atoms with E-state index in [1.807, 2.05) is 31.2 Å². The Morgan fingerprint density at radius 1 is 1.44 bits per heavy atom. The molecule has 0 unspecified atom stereocenters. The number of carbonyl (C=O) groups excluding carboxylic acids is 1. The largest absolute Gasteiger partial charge is 0.458 e. The molecule has 0 fully saturated rings. The van der Waals surface area contributed by atoms with E-state index in [2.05, 4.69) is 4.98 Å². The van der Waals surface area contributed by atoms with Crippen LogP contribution >= 0.6 is 11.3 Å². The van der Waals surface area contributed by atoms with Crippen molar-refractivity contribution in [2.75, 3.05) is 6.61 Å². The molecule has 1 N–H and O–H groups in total. The molecule has 0 radical (unpaired) electrons. The smallest absolute Gasteiger partial charge is 0.332 e. The van der Waals surface area contributed by atoms with Crippen LogP contribution in [0.4, 0.5) is 0 Å². The Morgan fingerprint density at radius 2 is 2.28 bits per heavy atom. The molecule has 94 valence electrons. The maximum Gasteiger partial charge on any atom is 0.332 e. The van der Waals surface area contributed by atoms with Crippen LogP contribution in [-0.2, 0) is 16.1 Å². The number of aliphatic hydroxyl groups excluding tert-OH is 1. The third kappa shape index (κ3) is 3.15. The number of thiophene rings is 1. The lowest BCUT2D eigenvalue weighted by atomic mass is 10.2. The molecular formula is C13H13NO3S. The zero-order chi connectivity index (χ0) is 13.0. The first-order chi connectivity index (χ1) is 8.69. The lowest BCUT2D eigenvalue weighted by Crippen LogP contribution is -2.07. The first-order valence-corrected chi connectivity index (χ1v) is 6.29. The SMILES string of the molecule is Cc1cc(-c2ccc(COC(=O)CO)s2)ccn1. The van der Waals surface area contributed by atoms with E-state index < -0.39 is 12.6 Å². The lowest BCUT2D eigenvalue weighted by Gasteiger charge is -2.00. The van der Waals surface area contributed by atoms with E-state index in [4.69, 9.17) is 9.84 Å². The van der Waals surface area contributed by atoms with Crippen molar-refractivity contribution >= 4 is 17.3 Å². The number of carbonyl (C=O) groups is 1. The minimum absolute atomic E-state index is 0.203. The van der Waals surface area contributed by atoms with Gasteiger partial charge in [0.25, 0.3) is 0 Å². The molecule has 2 aromatic heterocycles. The topological polar surface area (TPSA) is 59.4 Å². The number of aromatic nitrogens is 1. The van der Waals surface area contributed by atoms with Crippen LogP contribution < -0.4 is 0 Å². The number of aliphatic hydroxyl groups is 1. The summed E-state index contributed by atoms with van der Waals surface area (Å²) in [5.74, 6) is -0.607. The van der Waals surface area contributed by atoms with Gasteiger partial charge in [-0.05, 0) is 36.8 Å². The van der Waals surface area contributed by atoms with Crippen LogP contribution in [0.2, 0.25) is 0 Å². The van der Waals surface area contributed by atoms with Crippen LogP contribution in [0.5, 0.6) is 0 Å². The highest BCUT2D eigenvalue weighted by Crippen LogP contribution is 2.28. The van der Waals surface area contributed by atoms with E-state index in [1.165, 1.54) is 0 Å². The van der Waals surface area contributed by atoms with E-state index in [0.29, 0.717) is 0 Å². The number of aryl methyl sites for hydroxylation is 1. The molecule has 0 aliphatic rings. The van der Waals surface area contributed by atoms with Crippen molar-refractivity contribution in [3.8, 4) is 10.4 Å². The van der Waals surface area contributed by atoms with Crippen LogP contribution in [0, 0.1) is 6.92 Å². The third-order valence-electron chi connectivity index (χ3n) is 2.35. The van der Waals surface area contributed by atoms with E-state index in [0.717, 1.165) is 21.0 Å². The Morgan fingerprint density at radius 3 is 3.00 bits per heavy atom. The highest BCUT2D eigenvalue weighted by Gasteiger charge is 2.06. The summed E-state index contributed by atoms with van der Waals surface area (Å²) in [7, 11) is 0. The van der Waals surface area contributed by atoms with Crippen molar-refractivity contribution in [1.29, 1.82) is 0 Å². The Bertz CT molecular complexity index is 551. The summed E-state index contributed by atoms with van der Waals surface area (Å²) in [6.07, 6.45) is 1.77. The molecule has 0 aliphatic carbocycles. The Hall–Kier alpha value is -1.72. The molecule has 0 aliphatic heterocycles. The first-order valence-electron chi connectivity index (χ1n) is 5.47. The fourth-order valence-electron chi connectivity index (χ4n) is 1.51. The fourth-order valence-corrected chi connectivity index (χ4v) is 2.42. The van der Waals surface area contributed by atoms with Crippen molar-refractivity contribution in [2.24, 2.45) is 0 Å². The zero-order valence-electron chi connectivity index (χ0n) is 9.92. The van der Waals surface area contributed by atoms with Gasteiger partial charge in [-0.2, -0.15) is 0 Å². The van der Waals surface area contributed by atoms with Gasteiger partial charge in [-0.3, -0.25) is 4.98 Å². The minimum Gasteiger partial charge on any atom is -0.458 e. The monoisotopic (exact) mass is 263 g/mol. The first kappa shape index (κ1) is 12.7. The van der Waals surface area contributed by atoms with E-state index in [1.54, 1.807) is 17.5 Å². The second-order valence-corrected chi connectivity index (χ2v) is 4.94. The van der Waals surface area contributed by atoms with Gasteiger partial charge in [0.15, 0.2) is 0 Å². The molecule has 0 spiro atoms. The van der Waals surface area contributed by atoms with E-state index in [-0.39, 0.29) is 6.61 Å². The number of ether oxygens (including phenoxy) is 1. The second kappa shape index (κ2) is 5.75. The van der Waals surface area contributed by atoms with E-state index in [9.17, 15) is 4.79 Å². The highest BCUT2D eigenvalue weighted by molar-refractivity contribution is 7.15. The summed E-state index contributed by atoms with van der Waals surface area (Å²) in [5.41, 5.74) is 2.07. The van der Waals surface area contributed by atoms with Gasteiger partial charge in [0.2, 0.25) is 0 Å². The number of hydrogen-bond donors (Lipinski definition) is 1. The van der Waals surface area contributed by atoms with Crippen LogP contribution in [0.25, 0.3) is 10.4 Å². The number of nitrogens with zero attached hydrogens (tertiary/aromatic N) is 1. The van der Waals surface area contributed by atoms with E-state index >= 15 is 0 Å².